The molecule has 2 aliphatic heterocycles. The molecular weight excluding hydrogens is 262 g/mol. The fraction of sp³-hybridized carbons (Fsp3) is 0.500. The summed E-state index contributed by atoms with van der Waals surface area (Å²) < 4.78 is 22.4. The van der Waals surface area contributed by atoms with E-state index in [1.165, 1.54) is 0 Å². The highest BCUT2D eigenvalue weighted by atomic mass is 16.7. The molecule has 1 aromatic rings. The lowest BCUT2D eigenvalue weighted by molar-refractivity contribution is -0.286. The molecule has 0 aliphatic carbocycles. The van der Waals surface area contributed by atoms with Gasteiger partial charge in [-0.3, -0.25) is 0 Å². The number of rotatable bonds is 2. The van der Waals surface area contributed by atoms with Crippen molar-refractivity contribution in [2.75, 3.05) is 13.7 Å². The predicted octanol–water partition coefficient (Wildman–Crippen LogP) is 1.69. The number of nitrogens with zero attached hydrogens (tertiary/aromatic N) is 1. The van der Waals surface area contributed by atoms with Gasteiger partial charge in [-0.25, -0.2) is 0 Å². The first-order valence-corrected chi connectivity index (χ1v) is 6.53. The number of methoxy groups -OCH3 is 1. The molecule has 108 valence electrons. The molecular formula is C14H17NO5. The van der Waals surface area contributed by atoms with Crippen molar-refractivity contribution in [3.05, 3.63) is 35.9 Å². The SMILES string of the molecule is CO[C@@H]1CC(=NO)[C@@H]2O[C@@H](c3ccccc3)OC[C@@H]2O1. The van der Waals surface area contributed by atoms with E-state index in [4.69, 9.17) is 24.2 Å². The summed E-state index contributed by atoms with van der Waals surface area (Å²) in [5.74, 6) is 0. The van der Waals surface area contributed by atoms with Crippen LogP contribution in [0.15, 0.2) is 35.5 Å². The third kappa shape index (κ3) is 2.55. The molecule has 2 fully saturated rings. The normalized spacial score (nSPS) is 35.8. The minimum absolute atomic E-state index is 0.320. The molecule has 6 nitrogen and oxygen atoms in total. The van der Waals surface area contributed by atoms with Crippen LogP contribution >= 0.6 is 0 Å². The lowest BCUT2D eigenvalue weighted by atomic mass is 10.0. The first-order valence-electron chi connectivity index (χ1n) is 6.53. The highest BCUT2D eigenvalue weighted by Crippen LogP contribution is 2.32. The average Bonchev–Trinajstić information content (AvgIpc) is 2.54. The standard InChI is InChI=1S/C14H17NO5/c1-17-12-7-10(15-16)13-11(19-12)8-18-14(20-13)9-5-3-2-4-6-9/h2-6,11-14,16H,7-8H2,1H3/t11-,12-,13-,14-/m0/s1. The smallest absolute Gasteiger partial charge is 0.184 e. The maximum Gasteiger partial charge on any atom is 0.184 e. The molecule has 0 amide bonds. The zero-order valence-electron chi connectivity index (χ0n) is 11.1. The van der Waals surface area contributed by atoms with Crippen molar-refractivity contribution in [2.24, 2.45) is 5.16 Å². The Morgan fingerprint density at radius 2 is 2.05 bits per heavy atom. The van der Waals surface area contributed by atoms with E-state index in [1.54, 1.807) is 7.11 Å². The van der Waals surface area contributed by atoms with Crippen LogP contribution in [0.5, 0.6) is 0 Å². The molecule has 0 radical (unpaired) electrons. The largest absolute Gasteiger partial charge is 0.411 e. The summed E-state index contributed by atoms with van der Waals surface area (Å²) in [7, 11) is 1.55. The summed E-state index contributed by atoms with van der Waals surface area (Å²) in [5, 5.41) is 12.5. The number of oxime groups is 1. The average molecular weight is 279 g/mol. The van der Waals surface area contributed by atoms with Gasteiger partial charge in [0.05, 0.1) is 12.3 Å². The highest BCUT2D eigenvalue weighted by molar-refractivity contribution is 5.89. The minimum Gasteiger partial charge on any atom is -0.411 e. The third-order valence-electron chi connectivity index (χ3n) is 3.51. The molecule has 20 heavy (non-hydrogen) atoms. The lowest BCUT2D eigenvalue weighted by Crippen LogP contribution is -2.53. The van der Waals surface area contributed by atoms with Crippen LogP contribution in [0.2, 0.25) is 0 Å². The van der Waals surface area contributed by atoms with Crippen molar-refractivity contribution in [1.82, 2.24) is 0 Å². The summed E-state index contributed by atoms with van der Waals surface area (Å²) in [4.78, 5) is 0. The Balaban J connectivity index is 1.76. The number of hydrogen-bond donors (Lipinski definition) is 1. The van der Waals surface area contributed by atoms with E-state index in [-0.39, 0.29) is 6.10 Å². The topological polar surface area (TPSA) is 69.5 Å². The van der Waals surface area contributed by atoms with Gasteiger partial charge in [-0.15, -0.1) is 0 Å². The Morgan fingerprint density at radius 3 is 2.75 bits per heavy atom. The molecule has 1 aromatic carbocycles. The van der Waals surface area contributed by atoms with E-state index in [9.17, 15) is 0 Å². The van der Waals surface area contributed by atoms with Gasteiger partial charge >= 0.3 is 0 Å². The number of hydrogen-bond acceptors (Lipinski definition) is 6. The van der Waals surface area contributed by atoms with Gasteiger partial charge in [-0.05, 0) is 0 Å². The highest BCUT2D eigenvalue weighted by Gasteiger charge is 2.42. The van der Waals surface area contributed by atoms with Crippen molar-refractivity contribution in [3.63, 3.8) is 0 Å². The molecule has 4 atom stereocenters. The zero-order chi connectivity index (χ0) is 13.9. The Morgan fingerprint density at radius 1 is 1.25 bits per heavy atom. The zero-order valence-corrected chi connectivity index (χ0v) is 11.1. The van der Waals surface area contributed by atoms with Gasteiger partial charge in [-0.2, -0.15) is 0 Å². The summed E-state index contributed by atoms with van der Waals surface area (Å²) in [6, 6.07) is 9.65. The van der Waals surface area contributed by atoms with E-state index in [2.05, 4.69) is 5.16 Å². The Hall–Kier alpha value is -1.47. The van der Waals surface area contributed by atoms with Crippen LogP contribution in [-0.2, 0) is 18.9 Å². The molecule has 2 aliphatic rings. The van der Waals surface area contributed by atoms with Crippen LogP contribution in [0.3, 0.4) is 0 Å². The number of ether oxygens (including phenoxy) is 4. The predicted molar refractivity (Wildman–Crippen MR) is 69.5 cm³/mol. The molecule has 0 unspecified atom stereocenters. The molecule has 0 aromatic heterocycles. The molecule has 2 saturated heterocycles. The quantitative estimate of drug-likeness (QED) is 0.659. The Bertz CT molecular complexity index is 478. The van der Waals surface area contributed by atoms with Gasteiger partial charge < -0.3 is 24.2 Å². The van der Waals surface area contributed by atoms with Crippen molar-refractivity contribution < 1.29 is 24.2 Å². The summed E-state index contributed by atoms with van der Waals surface area (Å²) >= 11 is 0. The van der Waals surface area contributed by atoms with Crippen LogP contribution in [0.1, 0.15) is 18.3 Å². The van der Waals surface area contributed by atoms with Crippen molar-refractivity contribution >= 4 is 5.71 Å². The van der Waals surface area contributed by atoms with E-state index in [0.29, 0.717) is 18.7 Å². The molecule has 0 spiro atoms. The first-order chi connectivity index (χ1) is 9.81. The van der Waals surface area contributed by atoms with Gasteiger partial charge in [0, 0.05) is 19.1 Å². The molecule has 6 heteroatoms. The van der Waals surface area contributed by atoms with Crippen LogP contribution < -0.4 is 0 Å². The number of fused-ring (bicyclic) bond motifs is 1. The fourth-order valence-corrected chi connectivity index (χ4v) is 2.49. The molecule has 0 bridgehead atoms. The van der Waals surface area contributed by atoms with Crippen LogP contribution in [0.25, 0.3) is 0 Å². The van der Waals surface area contributed by atoms with Gasteiger partial charge in [0.15, 0.2) is 12.6 Å². The van der Waals surface area contributed by atoms with Crippen LogP contribution in [0, 0.1) is 0 Å². The molecule has 3 rings (SSSR count). The van der Waals surface area contributed by atoms with Crippen molar-refractivity contribution in [1.29, 1.82) is 0 Å². The maximum absolute atomic E-state index is 9.16. The summed E-state index contributed by atoms with van der Waals surface area (Å²) in [5.41, 5.74) is 1.45. The lowest BCUT2D eigenvalue weighted by Gasteiger charge is -2.41. The Labute approximate surface area is 116 Å². The molecule has 2 heterocycles. The van der Waals surface area contributed by atoms with Gasteiger partial charge in [0.25, 0.3) is 0 Å². The minimum atomic E-state index is -0.475. The van der Waals surface area contributed by atoms with Crippen molar-refractivity contribution in [2.45, 2.75) is 31.2 Å². The second-order valence-electron chi connectivity index (χ2n) is 4.77. The van der Waals surface area contributed by atoms with Crippen molar-refractivity contribution in [3.8, 4) is 0 Å². The van der Waals surface area contributed by atoms with Gasteiger partial charge in [-0.1, -0.05) is 35.5 Å². The third-order valence-corrected chi connectivity index (χ3v) is 3.51. The summed E-state index contributed by atoms with van der Waals surface area (Å²) in [6.07, 6.45) is -1.25. The van der Waals surface area contributed by atoms with Gasteiger partial charge in [0.1, 0.15) is 12.2 Å². The van der Waals surface area contributed by atoms with E-state index >= 15 is 0 Å². The van der Waals surface area contributed by atoms with E-state index in [1.807, 2.05) is 30.3 Å². The van der Waals surface area contributed by atoms with Gasteiger partial charge in [0.2, 0.25) is 0 Å². The second-order valence-corrected chi connectivity index (χ2v) is 4.77. The Kier molecular flexibility index (Phi) is 3.98. The van der Waals surface area contributed by atoms with Crippen LogP contribution in [-0.4, -0.2) is 43.1 Å². The van der Waals surface area contributed by atoms with E-state index in [0.717, 1.165) is 5.56 Å². The monoisotopic (exact) mass is 279 g/mol. The first kappa shape index (κ1) is 13.5. The van der Waals surface area contributed by atoms with Crippen LogP contribution in [0.4, 0.5) is 0 Å². The fourth-order valence-electron chi connectivity index (χ4n) is 2.49. The maximum atomic E-state index is 9.16. The summed E-state index contributed by atoms with van der Waals surface area (Å²) in [6.45, 7) is 0.364. The molecule has 0 saturated carbocycles. The number of benzene rings is 1. The van der Waals surface area contributed by atoms with E-state index < -0.39 is 18.7 Å². The second kappa shape index (κ2) is 5.88. The molecule has 1 N–H and O–H groups in total.